The van der Waals surface area contributed by atoms with E-state index < -0.39 is 26.9 Å². The number of sulfonamides is 1. The first-order valence-electron chi connectivity index (χ1n) is 8.91. The zero-order valence-corrected chi connectivity index (χ0v) is 16.9. The summed E-state index contributed by atoms with van der Waals surface area (Å²) in [6.45, 7) is 2.66. The van der Waals surface area contributed by atoms with Crippen molar-refractivity contribution in [3.05, 3.63) is 53.7 Å². The molecule has 0 saturated carbocycles. The van der Waals surface area contributed by atoms with Gasteiger partial charge < -0.3 is 0 Å². The molecule has 150 valence electrons. The molecule has 2 heterocycles. The number of benzene rings is 1. The van der Waals surface area contributed by atoms with Crippen molar-refractivity contribution in [3.63, 3.8) is 0 Å². The van der Waals surface area contributed by atoms with Gasteiger partial charge in [-0.25, -0.2) is 22.2 Å². The second-order valence-corrected chi connectivity index (χ2v) is 9.85. The molecule has 9 heteroatoms. The second-order valence-electron chi connectivity index (χ2n) is 6.55. The zero-order chi connectivity index (χ0) is 20.3. The molecule has 0 aliphatic carbocycles. The molecule has 5 nitrogen and oxygen atoms in total. The predicted octanol–water partition coefficient (Wildman–Crippen LogP) is 3.90. The molecule has 0 spiro atoms. The van der Waals surface area contributed by atoms with Crippen molar-refractivity contribution >= 4 is 27.6 Å². The number of pyridine rings is 1. The third-order valence-electron chi connectivity index (χ3n) is 4.53. The van der Waals surface area contributed by atoms with Crippen LogP contribution in [0.25, 0.3) is 0 Å². The molecule has 0 radical (unpaired) electrons. The van der Waals surface area contributed by atoms with Crippen LogP contribution >= 0.6 is 11.8 Å². The summed E-state index contributed by atoms with van der Waals surface area (Å²) in [6, 6.07) is 6.05. The molecule has 0 bridgehead atoms. The van der Waals surface area contributed by atoms with Crippen LogP contribution in [0.15, 0.2) is 46.5 Å². The Balaban J connectivity index is 1.69. The highest BCUT2D eigenvalue weighted by Crippen LogP contribution is 2.26. The predicted molar refractivity (Wildman–Crippen MR) is 103 cm³/mol. The standard InChI is InChI=1S/C19H20F2N2O3S2/c1-13(19(24)14-5-7-16(20)17(21)11-14)27-18-8-6-15(12-22-18)28(25,26)23-9-3-2-4-10-23/h5-8,11-13H,2-4,9-10H2,1H3/t13-/m1/s1. The molecule has 1 atom stereocenters. The van der Waals surface area contributed by atoms with Gasteiger partial charge in [0.15, 0.2) is 17.4 Å². The number of halogens is 2. The minimum atomic E-state index is -3.56. The lowest BCUT2D eigenvalue weighted by Crippen LogP contribution is -2.35. The Labute approximate surface area is 167 Å². The number of hydrogen-bond acceptors (Lipinski definition) is 5. The molecule has 28 heavy (non-hydrogen) atoms. The number of thioether (sulfide) groups is 1. The summed E-state index contributed by atoms with van der Waals surface area (Å²) < 4.78 is 53.1. The Morgan fingerprint density at radius 2 is 1.82 bits per heavy atom. The Bertz CT molecular complexity index is 960. The van der Waals surface area contributed by atoms with Crippen molar-refractivity contribution < 1.29 is 22.0 Å². The zero-order valence-electron chi connectivity index (χ0n) is 15.3. The molecule has 1 aromatic carbocycles. The number of piperidine rings is 1. The van der Waals surface area contributed by atoms with E-state index in [1.165, 1.54) is 22.6 Å². The number of nitrogens with zero attached hydrogens (tertiary/aromatic N) is 2. The van der Waals surface area contributed by atoms with E-state index in [9.17, 15) is 22.0 Å². The SMILES string of the molecule is C[C@@H](Sc1ccc(S(=O)(=O)N2CCCCC2)cn1)C(=O)c1ccc(F)c(F)c1. The third kappa shape index (κ3) is 4.59. The molecule has 2 aromatic rings. The summed E-state index contributed by atoms with van der Waals surface area (Å²) in [4.78, 5) is 16.7. The molecule has 1 aliphatic heterocycles. The number of rotatable bonds is 6. The Hall–Kier alpha value is -1.84. The van der Waals surface area contributed by atoms with Crippen LogP contribution in [0.5, 0.6) is 0 Å². The normalized spacial score (nSPS) is 16.7. The van der Waals surface area contributed by atoms with Gasteiger partial charge in [-0.3, -0.25) is 4.79 Å². The number of hydrogen-bond donors (Lipinski definition) is 0. The average molecular weight is 427 g/mol. The topological polar surface area (TPSA) is 67.3 Å². The summed E-state index contributed by atoms with van der Waals surface area (Å²) in [5.41, 5.74) is 0.0724. The van der Waals surface area contributed by atoms with Crippen LogP contribution in [-0.2, 0) is 10.0 Å². The first-order chi connectivity index (χ1) is 13.3. The fourth-order valence-corrected chi connectivity index (χ4v) is 5.29. The van der Waals surface area contributed by atoms with Crippen molar-refractivity contribution in [2.75, 3.05) is 13.1 Å². The molecule has 3 rings (SSSR count). The molecule has 1 fully saturated rings. The summed E-state index contributed by atoms with van der Waals surface area (Å²) >= 11 is 1.13. The Kier molecular flexibility index (Phi) is 6.47. The molecule has 1 aliphatic rings. The number of carbonyl (C=O) groups excluding carboxylic acids is 1. The van der Waals surface area contributed by atoms with Crippen molar-refractivity contribution in [3.8, 4) is 0 Å². The van der Waals surface area contributed by atoms with E-state index in [0.717, 1.165) is 43.2 Å². The van der Waals surface area contributed by atoms with Crippen LogP contribution in [0.4, 0.5) is 8.78 Å². The van der Waals surface area contributed by atoms with Crippen molar-refractivity contribution in [2.24, 2.45) is 0 Å². The van der Waals surface area contributed by atoms with Crippen molar-refractivity contribution in [1.82, 2.24) is 9.29 Å². The number of ketones is 1. The lowest BCUT2D eigenvalue weighted by atomic mass is 10.1. The van der Waals surface area contributed by atoms with Gasteiger partial charge in [-0.2, -0.15) is 4.31 Å². The van der Waals surface area contributed by atoms with E-state index in [-0.39, 0.29) is 16.2 Å². The fraction of sp³-hybridized carbons (Fsp3) is 0.368. The van der Waals surface area contributed by atoms with Gasteiger partial charge in [-0.05, 0) is 50.1 Å². The van der Waals surface area contributed by atoms with Crippen LogP contribution in [0.3, 0.4) is 0 Å². The van der Waals surface area contributed by atoms with Gasteiger partial charge in [0.1, 0.15) is 4.90 Å². The molecule has 0 amide bonds. The molecule has 1 saturated heterocycles. The smallest absolute Gasteiger partial charge is 0.244 e. The minimum absolute atomic E-state index is 0.0724. The van der Waals surface area contributed by atoms with Crippen LogP contribution in [0.1, 0.15) is 36.5 Å². The largest absolute Gasteiger partial charge is 0.293 e. The average Bonchev–Trinajstić information content (AvgIpc) is 2.70. The summed E-state index contributed by atoms with van der Waals surface area (Å²) in [7, 11) is -3.56. The third-order valence-corrected chi connectivity index (χ3v) is 7.47. The van der Waals surface area contributed by atoms with Gasteiger partial charge in [0.2, 0.25) is 10.0 Å². The quantitative estimate of drug-likeness (QED) is 0.518. The maximum atomic E-state index is 13.3. The van der Waals surface area contributed by atoms with Gasteiger partial charge in [-0.1, -0.05) is 18.2 Å². The van der Waals surface area contributed by atoms with Crippen LogP contribution in [-0.4, -0.2) is 41.8 Å². The highest BCUT2D eigenvalue weighted by molar-refractivity contribution is 8.00. The first-order valence-corrected chi connectivity index (χ1v) is 11.2. The van der Waals surface area contributed by atoms with Gasteiger partial charge in [0.05, 0.1) is 10.3 Å². The number of Topliss-reactive ketones (excluding diaryl/α,β-unsaturated/α-hetero) is 1. The maximum Gasteiger partial charge on any atom is 0.244 e. The summed E-state index contributed by atoms with van der Waals surface area (Å²) in [5, 5.41) is -0.122. The molecular formula is C19H20F2N2O3S2. The van der Waals surface area contributed by atoms with Crippen molar-refractivity contribution in [1.29, 1.82) is 0 Å². The van der Waals surface area contributed by atoms with Crippen LogP contribution < -0.4 is 0 Å². The highest BCUT2D eigenvalue weighted by atomic mass is 32.2. The van der Waals surface area contributed by atoms with E-state index in [0.29, 0.717) is 18.1 Å². The Morgan fingerprint density at radius 1 is 1.11 bits per heavy atom. The number of aromatic nitrogens is 1. The minimum Gasteiger partial charge on any atom is -0.293 e. The number of carbonyl (C=O) groups is 1. The molecule has 1 aromatic heterocycles. The molecular weight excluding hydrogens is 406 g/mol. The maximum absolute atomic E-state index is 13.3. The first kappa shape index (κ1) is 20.9. The van der Waals surface area contributed by atoms with E-state index >= 15 is 0 Å². The van der Waals surface area contributed by atoms with Gasteiger partial charge in [0.25, 0.3) is 0 Å². The van der Waals surface area contributed by atoms with E-state index in [2.05, 4.69) is 4.98 Å². The Morgan fingerprint density at radius 3 is 2.43 bits per heavy atom. The lowest BCUT2D eigenvalue weighted by Gasteiger charge is -2.25. The lowest BCUT2D eigenvalue weighted by molar-refractivity contribution is 0.0993. The highest BCUT2D eigenvalue weighted by Gasteiger charge is 2.26. The van der Waals surface area contributed by atoms with Gasteiger partial charge in [-0.15, -0.1) is 0 Å². The second kappa shape index (κ2) is 8.67. The van der Waals surface area contributed by atoms with Crippen LogP contribution in [0.2, 0.25) is 0 Å². The van der Waals surface area contributed by atoms with Crippen LogP contribution in [0, 0.1) is 11.6 Å². The van der Waals surface area contributed by atoms with Gasteiger partial charge >= 0.3 is 0 Å². The fourth-order valence-electron chi connectivity index (χ4n) is 2.96. The van der Waals surface area contributed by atoms with Gasteiger partial charge in [0, 0.05) is 24.8 Å². The summed E-state index contributed by atoms with van der Waals surface area (Å²) in [5.74, 6) is -2.45. The van der Waals surface area contributed by atoms with Crippen molar-refractivity contribution in [2.45, 2.75) is 41.4 Å². The van der Waals surface area contributed by atoms with E-state index in [1.54, 1.807) is 13.0 Å². The molecule has 0 unspecified atom stereocenters. The summed E-state index contributed by atoms with van der Waals surface area (Å²) in [6.07, 6.45) is 4.03. The van der Waals surface area contributed by atoms with E-state index in [1.807, 2.05) is 0 Å². The molecule has 0 N–H and O–H groups in total. The monoisotopic (exact) mass is 426 g/mol. The van der Waals surface area contributed by atoms with E-state index in [4.69, 9.17) is 0 Å².